The fourth-order valence-corrected chi connectivity index (χ4v) is 2.99. The van der Waals surface area contributed by atoms with Crippen LogP contribution in [0, 0.1) is 5.92 Å². The third-order valence-electron chi connectivity index (χ3n) is 4.04. The minimum absolute atomic E-state index is 0.274. The lowest BCUT2D eigenvalue weighted by atomic mass is 9.96. The van der Waals surface area contributed by atoms with Gasteiger partial charge in [0.1, 0.15) is 0 Å². The third kappa shape index (κ3) is 2.28. The zero-order valence-electron chi connectivity index (χ0n) is 10.5. The van der Waals surface area contributed by atoms with Gasteiger partial charge in [-0.1, -0.05) is 30.3 Å². The molecule has 3 heteroatoms. The molecule has 96 valence electrons. The van der Waals surface area contributed by atoms with E-state index in [2.05, 4.69) is 35.8 Å². The summed E-state index contributed by atoms with van der Waals surface area (Å²) in [6, 6.07) is 11.0. The number of hydrazine groups is 1. The van der Waals surface area contributed by atoms with E-state index in [0.29, 0.717) is 11.8 Å². The summed E-state index contributed by atoms with van der Waals surface area (Å²) in [5.41, 5.74) is 5.74. The van der Waals surface area contributed by atoms with Crippen LogP contribution in [0.2, 0.25) is 0 Å². The second kappa shape index (κ2) is 5.12. The molecule has 3 rings (SSSR count). The molecule has 3 nitrogen and oxygen atoms in total. The van der Waals surface area contributed by atoms with Crippen molar-refractivity contribution in [3.8, 4) is 0 Å². The van der Waals surface area contributed by atoms with Crippen molar-refractivity contribution >= 4 is 0 Å². The predicted octanol–water partition coefficient (Wildman–Crippen LogP) is 2.32. The first-order valence-corrected chi connectivity index (χ1v) is 6.72. The van der Waals surface area contributed by atoms with Gasteiger partial charge in [0.2, 0.25) is 0 Å². The predicted molar refractivity (Wildman–Crippen MR) is 71.7 cm³/mol. The van der Waals surface area contributed by atoms with E-state index in [-0.39, 0.29) is 6.04 Å². The first-order valence-electron chi connectivity index (χ1n) is 6.72. The molecule has 1 heterocycles. The molecule has 3 atom stereocenters. The van der Waals surface area contributed by atoms with E-state index in [1.165, 1.54) is 17.6 Å². The first-order chi connectivity index (χ1) is 8.90. The molecular weight excluding hydrogens is 224 g/mol. The molecule has 1 aliphatic heterocycles. The summed E-state index contributed by atoms with van der Waals surface area (Å²) < 4.78 is 5.43. The van der Waals surface area contributed by atoms with E-state index < -0.39 is 0 Å². The zero-order chi connectivity index (χ0) is 12.4. The second-order valence-electron chi connectivity index (χ2n) is 5.23. The molecule has 0 radical (unpaired) electrons. The lowest BCUT2D eigenvalue weighted by Crippen LogP contribution is -2.39. The van der Waals surface area contributed by atoms with Gasteiger partial charge in [-0.3, -0.25) is 11.3 Å². The quantitative estimate of drug-likeness (QED) is 0.631. The Bertz CT molecular complexity index is 429. The van der Waals surface area contributed by atoms with E-state index in [1.54, 1.807) is 0 Å². The van der Waals surface area contributed by atoms with Crippen molar-refractivity contribution in [2.75, 3.05) is 6.61 Å². The number of benzene rings is 1. The molecule has 0 amide bonds. The number of hydrogen-bond acceptors (Lipinski definition) is 3. The number of ether oxygens (including phenoxy) is 1. The normalized spacial score (nSPS) is 28.2. The number of nitrogens with one attached hydrogen (secondary N) is 1. The molecular formula is C15H20N2O. The standard InChI is InChI=1S/C15H20N2O/c16-17-15(12-7-4-8-18-10-12)14-9-13(14)11-5-2-1-3-6-11/h1-3,5-6,10,13-15,17H,4,7-9,16H2. The molecule has 0 aromatic heterocycles. The van der Waals surface area contributed by atoms with E-state index >= 15 is 0 Å². The topological polar surface area (TPSA) is 47.3 Å². The van der Waals surface area contributed by atoms with Crippen LogP contribution >= 0.6 is 0 Å². The van der Waals surface area contributed by atoms with Crippen molar-refractivity contribution in [2.24, 2.45) is 11.8 Å². The van der Waals surface area contributed by atoms with Gasteiger partial charge in [-0.25, -0.2) is 0 Å². The Morgan fingerprint density at radius 2 is 2.11 bits per heavy atom. The van der Waals surface area contributed by atoms with Crippen LogP contribution in [0.4, 0.5) is 0 Å². The van der Waals surface area contributed by atoms with Crippen LogP contribution in [0.5, 0.6) is 0 Å². The van der Waals surface area contributed by atoms with Gasteiger partial charge in [0.25, 0.3) is 0 Å². The molecule has 1 saturated carbocycles. The highest BCUT2D eigenvalue weighted by Crippen LogP contribution is 2.51. The van der Waals surface area contributed by atoms with Gasteiger partial charge in [-0.15, -0.1) is 0 Å². The van der Waals surface area contributed by atoms with Crippen LogP contribution in [0.1, 0.15) is 30.7 Å². The smallest absolute Gasteiger partial charge is 0.0876 e. The molecule has 3 N–H and O–H groups in total. The van der Waals surface area contributed by atoms with Crippen molar-refractivity contribution in [3.05, 3.63) is 47.7 Å². The summed E-state index contributed by atoms with van der Waals surface area (Å²) in [6.45, 7) is 0.841. The number of rotatable bonds is 4. The summed E-state index contributed by atoms with van der Waals surface area (Å²) in [5.74, 6) is 7.00. The van der Waals surface area contributed by atoms with Crippen molar-refractivity contribution in [1.29, 1.82) is 0 Å². The molecule has 2 aliphatic rings. The Morgan fingerprint density at radius 3 is 2.78 bits per heavy atom. The van der Waals surface area contributed by atoms with Gasteiger partial charge >= 0.3 is 0 Å². The summed E-state index contributed by atoms with van der Waals surface area (Å²) in [5, 5.41) is 0. The average molecular weight is 244 g/mol. The monoisotopic (exact) mass is 244 g/mol. The minimum Gasteiger partial charge on any atom is -0.501 e. The SMILES string of the molecule is NNC(C1=COCCC1)C1CC1c1ccccc1. The van der Waals surface area contributed by atoms with Gasteiger partial charge in [0, 0.05) is 6.04 Å². The van der Waals surface area contributed by atoms with Gasteiger partial charge in [-0.05, 0) is 42.2 Å². The largest absolute Gasteiger partial charge is 0.501 e. The molecule has 1 aliphatic carbocycles. The highest BCUT2D eigenvalue weighted by molar-refractivity contribution is 5.29. The van der Waals surface area contributed by atoms with E-state index in [4.69, 9.17) is 10.6 Å². The van der Waals surface area contributed by atoms with E-state index in [9.17, 15) is 0 Å². The Labute approximate surface area is 108 Å². The molecule has 0 bridgehead atoms. The van der Waals surface area contributed by atoms with E-state index in [0.717, 1.165) is 19.4 Å². The van der Waals surface area contributed by atoms with Crippen LogP contribution in [0.15, 0.2) is 42.2 Å². The molecule has 1 aromatic rings. The van der Waals surface area contributed by atoms with Gasteiger partial charge in [0.15, 0.2) is 0 Å². The minimum atomic E-state index is 0.274. The van der Waals surface area contributed by atoms with E-state index in [1.807, 2.05) is 6.26 Å². The van der Waals surface area contributed by atoms with Crippen molar-refractivity contribution in [1.82, 2.24) is 5.43 Å². The maximum Gasteiger partial charge on any atom is 0.0876 e. The van der Waals surface area contributed by atoms with Gasteiger partial charge in [0.05, 0.1) is 12.9 Å². The van der Waals surface area contributed by atoms with Crippen LogP contribution in [-0.4, -0.2) is 12.6 Å². The molecule has 0 spiro atoms. The fraction of sp³-hybridized carbons (Fsp3) is 0.467. The zero-order valence-corrected chi connectivity index (χ0v) is 10.5. The highest BCUT2D eigenvalue weighted by Gasteiger charge is 2.44. The Morgan fingerprint density at radius 1 is 1.28 bits per heavy atom. The maximum atomic E-state index is 5.74. The third-order valence-corrected chi connectivity index (χ3v) is 4.04. The summed E-state index contributed by atoms with van der Waals surface area (Å²) in [4.78, 5) is 0. The van der Waals surface area contributed by atoms with Crippen molar-refractivity contribution < 1.29 is 4.74 Å². The maximum absolute atomic E-state index is 5.74. The number of hydrogen-bond donors (Lipinski definition) is 2. The first kappa shape index (κ1) is 11.8. The highest BCUT2D eigenvalue weighted by atomic mass is 16.5. The summed E-state index contributed by atoms with van der Waals surface area (Å²) in [7, 11) is 0. The van der Waals surface area contributed by atoms with Crippen LogP contribution < -0.4 is 11.3 Å². The van der Waals surface area contributed by atoms with Crippen LogP contribution in [0.3, 0.4) is 0 Å². The van der Waals surface area contributed by atoms with Gasteiger partial charge < -0.3 is 4.74 Å². The lowest BCUT2D eigenvalue weighted by Gasteiger charge is -2.22. The van der Waals surface area contributed by atoms with Crippen molar-refractivity contribution in [2.45, 2.75) is 31.2 Å². The summed E-state index contributed by atoms with van der Waals surface area (Å²) >= 11 is 0. The average Bonchev–Trinajstić information content (AvgIpc) is 3.22. The Balaban J connectivity index is 1.70. The molecule has 1 fully saturated rings. The van der Waals surface area contributed by atoms with Crippen molar-refractivity contribution in [3.63, 3.8) is 0 Å². The molecule has 3 unspecified atom stereocenters. The van der Waals surface area contributed by atoms with Crippen LogP contribution in [0.25, 0.3) is 0 Å². The van der Waals surface area contributed by atoms with Crippen LogP contribution in [-0.2, 0) is 4.74 Å². The Hall–Kier alpha value is -1.32. The fourth-order valence-electron chi connectivity index (χ4n) is 2.99. The lowest BCUT2D eigenvalue weighted by molar-refractivity contribution is 0.217. The second-order valence-corrected chi connectivity index (χ2v) is 5.23. The van der Waals surface area contributed by atoms with Gasteiger partial charge in [-0.2, -0.15) is 0 Å². The molecule has 18 heavy (non-hydrogen) atoms. The molecule has 0 saturated heterocycles. The summed E-state index contributed by atoms with van der Waals surface area (Å²) in [6.07, 6.45) is 5.34. The Kier molecular flexibility index (Phi) is 3.35. The molecule has 1 aromatic carbocycles. The number of nitrogens with two attached hydrogens (primary N) is 1.